The number of carboxylic acids is 4. The standard InChI is InChI=1S/4C6H12O7.2Ca/c4*7-1-2(8)3(9)4(10)5(11)6(12)13;;/h4*2-5,7-11H,1H2,(H,12,13);;/q;;;;2*+2/p-4/t4*2-,3-,4+,5-;;/m1111../s1. The van der Waals surface area contributed by atoms with E-state index in [0.29, 0.717) is 0 Å². The Kier molecular flexibility index (Phi) is 42.0. The second-order valence-electron chi connectivity index (χ2n) is 9.98. The molecule has 0 amide bonds. The van der Waals surface area contributed by atoms with Gasteiger partial charge in [-0.3, -0.25) is 0 Å². The molecule has 0 aliphatic rings. The van der Waals surface area contributed by atoms with Crippen molar-refractivity contribution in [2.24, 2.45) is 0 Å². The quantitative estimate of drug-likeness (QED) is 0.0505. The van der Waals surface area contributed by atoms with Gasteiger partial charge in [0.1, 0.15) is 97.7 Å². The number of rotatable bonds is 20. The summed E-state index contributed by atoms with van der Waals surface area (Å²) in [5.41, 5.74) is 0. The Balaban J connectivity index is -0.000000140. The van der Waals surface area contributed by atoms with Crippen molar-refractivity contribution in [2.45, 2.75) is 97.7 Å². The van der Waals surface area contributed by atoms with E-state index in [9.17, 15) is 39.6 Å². The second kappa shape index (κ2) is 34.6. The number of carboxylic acid groups (broad SMARTS) is 4. The maximum atomic E-state index is 9.98. The van der Waals surface area contributed by atoms with Gasteiger partial charge in [0.15, 0.2) is 0 Å². The van der Waals surface area contributed by atoms with Crippen LogP contribution >= 0.6 is 0 Å². The molecular formula is C24H44Ca2O28. The zero-order valence-electron chi connectivity index (χ0n) is 27.7. The third-order valence-corrected chi connectivity index (χ3v) is 5.98. The van der Waals surface area contributed by atoms with Crippen molar-refractivity contribution in [1.82, 2.24) is 0 Å². The van der Waals surface area contributed by atoms with E-state index in [-0.39, 0.29) is 75.5 Å². The minimum atomic E-state index is -2.31. The molecule has 0 saturated heterocycles. The fraction of sp³-hybridized carbons (Fsp3) is 0.833. The average Bonchev–Trinajstić information content (AvgIpc) is 3.12. The molecule has 0 aliphatic carbocycles. The molecule has 0 aliphatic heterocycles. The number of aliphatic hydroxyl groups excluding tert-OH is 20. The van der Waals surface area contributed by atoms with Gasteiger partial charge < -0.3 is 142 Å². The van der Waals surface area contributed by atoms with Crippen LogP contribution in [0.3, 0.4) is 0 Å². The Morgan fingerprint density at radius 1 is 0.296 bits per heavy atom. The summed E-state index contributed by atoms with van der Waals surface area (Å²) in [6.45, 7) is -3.45. The van der Waals surface area contributed by atoms with Gasteiger partial charge in [0.25, 0.3) is 0 Å². The summed E-state index contributed by atoms with van der Waals surface area (Å²) in [4.78, 5) is 39.9. The predicted molar refractivity (Wildman–Crippen MR) is 156 cm³/mol. The Morgan fingerprint density at radius 2 is 0.407 bits per heavy atom. The second-order valence-corrected chi connectivity index (χ2v) is 9.98. The first kappa shape index (κ1) is 65.5. The molecule has 0 rings (SSSR count). The first-order valence-electron chi connectivity index (χ1n) is 13.8. The molecule has 54 heavy (non-hydrogen) atoms. The van der Waals surface area contributed by atoms with Crippen LogP contribution in [0.1, 0.15) is 0 Å². The number of hydrogen-bond acceptors (Lipinski definition) is 28. The summed E-state index contributed by atoms with van der Waals surface area (Å²) < 4.78 is 0. The minimum Gasteiger partial charge on any atom is -0.547 e. The smallest absolute Gasteiger partial charge is 0.547 e. The predicted octanol–water partition coefficient (Wildman–Crippen LogP) is -20.1. The van der Waals surface area contributed by atoms with Crippen molar-refractivity contribution in [2.75, 3.05) is 26.4 Å². The van der Waals surface area contributed by atoms with Crippen molar-refractivity contribution >= 4 is 99.4 Å². The molecule has 0 spiro atoms. The van der Waals surface area contributed by atoms with Crippen LogP contribution in [0, 0.1) is 0 Å². The van der Waals surface area contributed by atoms with E-state index >= 15 is 0 Å². The van der Waals surface area contributed by atoms with Gasteiger partial charge in [-0.1, -0.05) is 0 Å². The summed E-state index contributed by atoms with van der Waals surface area (Å²) in [5.74, 6) is -7.90. The average molecular weight is 861 g/mol. The summed E-state index contributed by atoms with van der Waals surface area (Å²) in [5, 5.41) is 214. The van der Waals surface area contributed by atoms with Crippen molar-refractivity contribution in [1.29, 1.82) is 0 Å². The van der Waals surface area contributed by atoms with Gasteiger partial charge in [-0.15, -0.1) is 0 Å². The number of carbonyl (C=O) groups is 4. The molecule has 0 unspecified atom stereocenters. The molecule has 16 atom stereocenters. The molecule has 0 saturated carbocycles. The van der Waals surface area contributed by atoms with E-state index in [1.807, 2.05) is 0 Å². The summed E-state index contributed by atoms with van der Waals surface area (Å²) in [6.07, 6.45) is -32.3. The Hall–Kier alpha value is -0.401. The monoisotopic (exact) mass is 860 g/mol. The number of carbonyl (C=O) groups excluding carboxylic acids is 4. The van der Waals surface area contributed by atoms with Gasteiger partial charge >= 0.3 is 75.5 Å². The Morgan fingerprint density at radius 3 is 0.481 bits per heavy atom. The molecule has 0 bridgehead atoms. The zero-order chi connectivity index (χ0) is 42.4. The Bertz CT molecular complexity index is 846. The maximum Gasteiger partial charge on any atom is 2.00 e. The van der Waals surface area contributed by atoms with Crippen molar-refractivity contribution in [3.05, 3.63) is 0 Å². The third kappa shape index (κ3) is 25.8. The first-order valence-corrected chi connectivity index (χ1v) is 13.8. The Labute approximate surface area is 362 Å². The van der Waals surface area contributed by atoms with Crippen LogP contribution in [0.25, 0.3) is 0 Å². The molecular weight excluding hydrogens is 816 g/mol. The molecule has 312 valence electrons. The number of aliphatic carboxylic acids is 4. The van der Waals surface area contributed by atoms with Gasteiger partial charge in [0.05, 0.1) is 50.3 Å². The van der Waals surface area contributed by atoms with Crippen LogP contribution < -0.4 is 20.4 Å². The van der Waals surface area contributed by atoms with Gasteiger partial charge in [-0.25, -0.2) is 0 Å². The normalized spacial score (nSPS) is 19.6. The van der Waals surface area contributed by atoms with E-state index in [0.717, 1.165) is 0 Å². The molecule has 28 nitrogen and oxygen atoms in total. The van der Waals surface area contributed by atoms with Crippen LogP contribution in [0.2, 0.25) is 0 Å². The van der Waals surface area contributed by atoms with Crippen molar-refractivity contribution in [3.8, 4) is 0 Å². The van der Waals surface area contributed by atoms with E-state index in [1.54, 1.807) is 0 Å². The third-order valence-electron chi connectivity index (χ3n) is 5.98. The summed E-state index contributed by atoms with van der Waals surface area (Å²) in [6, 6.07) is 0. The van der Waals surface area contributed by atoms with Crippen LogP contribution in [-0.2, 0) is 19.2 Å². The molecule has 0 radical (unpaired) electrons. The van der Waals surface area contributed by atoms with Crippen LogP contribution in [0.15, 0.2) is 0 Å². The fourth-order valence-corrected chi connectivity index (χ4v) is 2.65. The largest absolute Gasteiger partial charge is 2.00 e. The van der Waals surface area contributed by atoms with E-state index < -0.39 is 148 Å². The van der Waals surface area contributed by atoms with Crippen LogP contribution in [0.5, 0.6) is 0 Å². The molecule has 0 aromatic heterocycles. The zero-order valence-corrected chi connectivity index (χ0v) is 32.1. The van der Waals surface area contributed by atoms with Gasteiger partial charge in [-0.2, -0.15) is 0 Å². The fourth-order valence-electron chi connectivity index (χ4n) is 2.65. The van der Waals surface area contributed by atoms with Crippen molar-refractivity contribution < 1.29 is 142 Å². The first-order chi connectivity index (χ1) is 23.7. The summed E-state index contributed by atoms with van der Waals surface area (Å²) in [7, 11) is 0. The van der Waals surface area contributed by atoms with Gasteiger partial charge in [-0.05, 0) is 0 Å². The van der Waals surface area contributed by atoms with E-state index in [4.69, 9.17) is 102 Å². The maximum absolute atomic E-state index is 9.98. The molecule has 0 fully saturated rings. The van der Waals surface area contributed by atoms with Gasteiger partial charge in [0, 0.05) is 0 Å². The molecule has 0 aromatic carbocycles. The van der Waals surface area contributed by atoms with Crippen molar-refractivity contribution in [3.63, 3.8) is 0 Å². The number of hydrogen-bond donors (Lipinski definition) is 20. The SMILES string of the molecule is O=C([O-])[C@H](O)[C@@H](O)[C@H](O)[C@H](O)CO.O=C([O-])[C@H](O)[C@@H](O)[C@H](O)[C@H](O)CO.O=C([O-])[C@H](O)[C@@H](O)[C@H](O)[C@H](O)CO.O=C([O-])[C@H](O)[C@@H](O)[C@H](O)[C@H](O)CO.[Ca+2].[Ca+2]. The topological polar surface area (TPSA) is 565 Å². The molecule has 20 N–H and O–H groups in total. The summed E-state index contributed by atoms with van der Waals surface area (Å²) >= 11 is 0. The van der Waals surface area contributed by atoms with Crippen LogP contribution in [0.4, 0.5) is 0 Å². The van der Waals surface area contributed by atoms with Gasteiger partial charge in [0.2, 0.25) is 0 Å². The van der Waals surface area contributed by atoms with Crippen LogP contribution in [-0.4, -0.2) is 326 Å². The van der Waals surface area contributed by atoms with E-state index in [2.05, 4.69) is 0 Å². The molecule has 0 aromatic rings. The minimum absolute atomic E-state index is 0. The molecule has 0 heterocycles. The molecule has 30 heteroatoms. The van der Waals surface area contributed by atoms with E-state index in [1.165, 1.54) is 0 Å². The number of aliphatic hydroxyl groups is 20.